The minimum absolute atomic E-state index is 0. The predicted octanol–water partition coefficient (Wildman–Crippen LogP) is 0.0904. The molecule has 2 N–H and O–H groups in total. The Morgan fingerprint density at radius 1 is 1.19 bits per heavy atom. The summed E-state index contributed by atoms with van der Waals surface area (Å²) >= 11 is 0. The van der Waals surface area contributed by atoms with Crippen molar-refractivity contribution in [1.82, 2.24) is 14.3 Å². The Kier molecular flexibility index (Phi) is 5.46. The molecule has 2 saturated heterocycles. The van der Waals surface area contributed by atoms with E-state index in [2.05, 4.69) is 10.0 Å². The van der Waals surface area contributed by atoms with Crippen molar-refractivity contribution >= 4 is 22.6 Å². The molecule has 0 spiro atoms. The zero-order chi connectivity index (χ0) is 10.7. The quantitative estimate of drug-likeness (QED) is 0.764. The average Bonchev–Trinajstić information content (AvgIpc) is 2.71. The third-order valence-corrected chi connectivity index (χ3v) is 4.69. The van der Waals surface area contributed by atoms with Crippen molar-refractivity contribution in [3.63, 3.8) is 0 Å². The molecule has 1 unspecified atom stereocenters. The van der Waals surface area contributed by atoms with E-state index in [1.807, 2.05) is 0 Å². The molecule has 0 aromatic heterocycles. The van der Waals surface area contributed by atoms with Crippen LogP contribution in [0.2, 0.25) is 0 Å². The van der Waals surface area contributed by atoms with Gasteiger partial charge in [0.15, 0.2) is 0 Å². The van der Waals surface area contributed by atoms with E-state index in [1.54, 1.807) is 4.31 Å². The van der Waals surface area contributed by atoms with Gasteiger partial charge in [-0.1, -0.05) is 0 Å². The average molecular weight is 270 g/mol. The maximum absolute atomic E-state index is 11.9. The van der Waals surface area contributed by atoms with Gasteiger partial charge in [-0.05, 0) is 32.2 Å². The Morgan fingerprint density at radius 3 is 2.44 bits per heavy atom. The molecule has 0 aliphatic carbocycles. The van der Waals surface area contributed by atoms with Crippen LogP contribution in [-0.2, 0) is 10.2 Å². The molecule has 2 aliphatic heterocycles. The fourth-order valence-corrected chi connectivity index (χ4v) is 3.68. The first-order valence-corrected chi connectivity index (χ1v) is 7.10. The fourth-order valence-electron chi connectivity index (χ4n) is 2.17. The van der Waals surface area contributed by atoms with E-state index in [0.29, 0.717) is 13.1 Å². The minimum Gasteiger partial charge on any atom is -0.315 e. The van der Waals surface area contributed by atoms with Gasteiger partial charge in [-0.15, -0.1) is 12.4 Å². The SMILES string of the molecule is Cl.O=S(=O)(NC1CCCNC1)N1CCCC1. The Labute approximate surface area is 104 Å². The van der Waals surface area contributed by atoms with Gasteiger partial charge < -0.3 is 5.32 Å². The second-order valence-corrected chi connectivity index (χ2v) is 5.97. The molecular weight excluding hydrogens is 250 g/mol. The Morgan fingerprint density at radius 2 is 1.88 bits per heavy atom. The summed E-state index contributed by atoms with van der Waals surface area (Å²) in [6, 6.07) is 0.0735. The van der Waals surface area contributed by atoms with Crippen molar-refractivity contribution in [3.8, 4) is 0 Å². The summed E-state index contributed by atoms with van der Waals surface area (Å²) in [7, 11) is -3.22. The summed E-state index contributed by atoms with van der Waals surface area (Å²) in [5.41, 5.74) is 0. The van der Waals surface area contributed by atoms with E-state index < -0.39 is 10.2 Å². The maximum Gasteiger partial charge on any atom is 0.279 e. The van der Waals surface area contributed by atoms with Crippen molar-refractivity contribution in [2.24, 2.45) is 0 Å². The van der Waals surface area contributed by atoms with Gasteiger partial charge in [0.1, 0.15) is 0 Å². The van der Waals surface area contributed by atoms with Crippen molar-refractivity contribution < 1.29 is 8.42 Å². The summed E-state index contributed by atoms with van der Waals surface area (Å²) in [4.78, 5) is 0. The molecule has 2 aliphatic rings. The first-order chi connectivity index (χ1) is 7.18. The van der Waals surface area contributed by atoms with Crippen LogP contribution in [0.1, 0.15) is 25.7 Å². The highest BCUT2D eigenvalue weighted by Crippen LogP contribution is 2.13. The van der Waals surface area contributed by atoms with Gasteiger partial charge in [-0.3, -0.25) is 0 Å². The van der Waals surface area contributed by atoms with Crippen molar-refractivity contribution in [1.29, 1.82) is 0 Å². The second kappa shape index (κ2) is 6.16. The van der Waals surface area contributed by atoms with Gasteiger partial charge in [0.05, 0.1) is 0 Å². The predicted molar refractivity (Wildman–Crippen MR) is 66.0 cm³/mol. The number of nitrogens with zero attached hydrogens (tertiary/aromatic N) is 1. The van der Waals surface area contributed by atoms with E-state index in [4.69, 9.17) is 0 Å². The molecule has 0 radical (unpaired) electrons. The van der Waals surface area contributed by atoms with E-state index in [-0.39, 0.29) is 18.4 Å². The Bertz CT molecular complexity index is 298. The van der Waals surface area contributed by atoms with Gasteiger partial charge in [-0.2, -0.15) is 17.4 Å². The first-order valence-electron chi connectivity index (χ1n) is 5.66. The fraction of sp³-hybridized carbons (Fsp3) is 1.00. The molecule has 0 bridgehead atoms. The molecule has 16 heavy (non-hydrogen) atoms. The summed E-state index contributed by atoms with van der Waals surface area (Å²) in [5.74, 6) is 0. The van der Waals surface area contributed by atoms with Crippen molar-refractivity contribution in [2.75, 3.05) is 26.2 Å². The molecule has 1 atom stereocenters. The lowest BCUT2D eigenvalue weighted by molar-refractivity contribution is 0.404. The molecule has 2 rings (SSSR count). The highest BCUT2D eigenvalue weighted by Gasteiger charge is 2.28. The number of nitrogens with one attached hydrogen (secondary N) is 2. The maximum atomic E-state index is 11.9. The number of halogens is 1. The number of hydrogen-bond donors (Lipinski definition) is 2. The van der Waals surface area contributed by atoms with Gasteiger partial charge in [-0.25, -0.2) is 0 Å². The molecule has 7 heteroatoms. The van der Waals surface area contributed by atoms with E-state index in [1.165, 1.54) is 0 Å². The number of piperidine rings is 1. The van der Waals surface area contributed by atoms with Crippen LogP contribution >= 0.6 is 12.4 Å². The van der Waals surface area contributed by atoms with Crippen molar-refractivity contribution in [3.05, 3.63) is 0 Å². The third kappa shape index (κ3) is 3.56. The first kappa shape index (κ1) is 14.2. The van der Waals surface area contributed by atoms with Crippen LogP contribution in [0.5, 0.6) is 0 Å². The summed E-state index contributed by atoms with van der Waals surface area (Å²) < 4.78 is 28.1. The van der Waals surface area contributed by atoms with Crippen molar-refractivity contribution in [2.45, 2.75) is 31.7 Å². The van der Waals surface area contributed by atoms with Gasteiger partial charge in [0.2, 0.25) is 0 Å². The summed E-state index contributed by atoms with van der Waals surface area (Å²) in [5, 5.41) is 3.20. The second-order valence-electron chi connectivity index (χ2n) is 4.27. The number of hydrogen-bond acceptors (Lipinski definition) is 3. The van der Waals surface area contributed by atoms with Crippen LogP contribution in [0, 0.1) is 0 Å². The van der Waals surface area contributed by atoms with Crippen LogP contribution in [0.15, 0.2) is 0 Å². The van der Waals surface area contributed by atoms with E-state index in [9.17, 15) is 8.42 Å². The normalized spacial score (nSPS) is 27.6. The molecule has 2 heterocycles. The van der Waals surface area contributed by atoms with Gasteiger partial charge in [0, 0.05) is 25.7 Å². The molecule has 0 aromatic carbocycles. The van der Waals surface area contributed by atoms with E-state index in [0.717, 1.165) is 38.8 Å². The largest absolute Gasteiger partial charge is 0.315 e. The molecule has 0 aromatic rings. The molecular formula is C9H20ClN3O2S. The van der Waals surface area contributed by atoms with E-state index >= 15 is 0 Å². The van der Waals surface area contributed by atoms with Crippen LogP contribution in [-0.4, -0.2) is 44.9 Å². The van der Waals surface area contributed by atoms with Gasteiger partial charge in [0.25, 0.3) is 10.2 Å². The minimum atomic E-state index is -3.22. The van der Waals surface area contributed by atoms with Gasteiger partial charge >= 0.3 is 0 Å². The third-order valence-electron chi connectivity index (χ3n) is 3.02. The number of rotatable bonds is 3. The standard InChI is InChI=1S/C9H19N3O2S.ClH/c13-15(14,12-6-1-2-7-12)11-9-4-3-5-10-8-9;/h9-11H,1-8H2;1H. The van der Waals surface area contributed by atoms with Crippen LogP contribution in [0.4, 0.5) is 0 Å². The topological polar surface area (TPSA) is 61.4 Å². The Hall–Kier alpha value is 0.120. The molecule has 5 nitrogen and oxygen atoms in total. The highest BCUT2D eigenvalue weighted by molar-refractivity contribution is 7.87. The summed E-state index contributed by atoms with van der Waals surface area (Å²) in [6.07, 6.45) is 3.97. The molecule has 0 amide bonds. The van der Waals surface area contributed by atoms with Crippen LogP contribution < -0.4 is 10.0 Å². The lowest BCUT2D eigenvalue weighted by atomic mass is 10.1. The lowest BCUT2D eigenvalue weighted by Crippen LogP contribution is -2.50. The monoisotopic (exact) mass is 269 g/mol. The zero-order valence-corrected chi connectivity index (χ0v) is 10.9. The Balaban J connectivity index is 0.00000128. The summed E-state index contributed by atoms with van der Waals surface area (Å²) in [6.45, 7) is 3.11. The van der Waals surface area contributed by atoms with Crippen LogP contribution in [0.25, 0.3) is 0 Å². The highest BCUT2D eigenvalue weighted by atomic mass is 35.5. The molecule has 0 saturated carbocycles. The molecule has 96 valence electrons. The zero-order valence-electron chi connectivity index (χ0n) is 9.31. The van der Waals surface area contributed by atoms with Crippen LogP contribution in [0.3, 0.4) is 0 Å². The lowest BCUT2D eigenvalue weighted by Gasteiger charge is -2.26. The molecule has 2 fully saturated rings. The smallest absolute Gasteiger partial charge is 0.279 e.